The molecule has 0 aliphatic carbocycles. The maximum absolute atomic E-state index is 11.9. The molecule has 1 aromatic carbocycles. The zero-order chi connectivity index (χ0) is 16.2. The summed E-state index contributed by atoms with van der Waals surface area (Å²) >= 11 is 5.99. The molecule has 21 heavy (non-hydrogen) atoms. The van der Waals surface area contributed by atoms with Crippen LogP contribution in [0.3, 0.4) is 0 Å². The van der Waals surface area contributed by atoms with Crippen molar-refractivity contribution in [3.8, 4) is 0 Å². The average molecular weight is 313 g/mol. The van der Waals surface area contributed by atoms with Crippen LogP contribution in [0.2, 0.25) is 5.02 Å². The van der Waals surface area contributed by atoms with Crippen LogP contribution < -0.4 is 5.32 Å². The van der Waals surface area contributed by atoms with Gasteiger partial charge in [-0.25, -0.2) is 4.79 Å². The van der Waals surface area contributed by atoms with Crippen molar-refractivity contribution in [2.24, 2.45) is 0 Å². The fourth-order valence-electron chi connectivity index (χ4n) is 1.49. The highest BCUT2D eigenvalue weighted by atomic mass is 35.5. The molecule has 0 aliphatic rings. The number of nitrogens with zero attached hydrogens (tertiary/aromatic N) is 1. The second-order valence-corrected chi connectivity index (χ2v) is 6.26. The number of carbonyl (C=O) groups is 2. The SMILES string of the molecule is Cc1ccc(NC(=O)CN(C)C(=O)OC(C)(C)C)cc1Cl. The average Bonchev–Trinajstić information content (AvgIpc) is 2.31. The van der Waals surface area contributed by atoms with E-state index < -0.39 is 11.7 Å². The van der Waals surface area contributed by atoms with Crippen molar-refractivity contribution < 1.29 is 14.3 Å². The Bertz CT molecular complexity index is 538. The quantitative estimate of drug-likeness (QED) is 0.930. The van der Waals surface area contributed by atoms with Gasteiger partial charge in [0, 0.05) is 17.8 Å². The largest absolute Gasteiger partial charge is 0.444 e. The first-order valence-electron chi connectivity index (χ1n) is 6.58. The van der Waals surface area contributed by atoms with Crippen molar-refractivity contribution in [3.05, 3.63) is 28.8 Å². The summed E-state index contributed by atoms with van der Waals surface area (Å²) in [6.45, 7) is 7.10. The van der Waals surface area contributed by atoms with Crippen LogP contribution in [0.15, 0.2) is 18.2 Å². The van der Waals surface area contributed by atoms with Gasteiger partial charge >= 0.3 is 6.09 Å². The van der Waals surface area contributed by atoms with Crippen LogP contribution in [0.1, 0.15) is 26.3 Å². The Kier molecular flexibility index (Phi) is 5.61. The second-order valence-electron chi connectivity index (χ2n) is 5.85. The van der Waals surface area contributed by atoms with E-state index in [4.69, 9.17) is 16.3 Å². The van der Waals surface area contributed by atoms with Gasteiger partial charge in [-0.3, -0.25) is 4.79 Å². The van der Waals surface area contributed by atoms with Gasteiger partial charge in [-0.1, -0.05) is 17.7 Å². The number of hydrogen-bond acceptors (Lipinski definition) is 3. The van der Waals surface area contributed by atoms with Gasteiger partial charge in [-0.2, -0.15) is 0 Å². The topological polar surface area (TPSA) is 58.6 Å². The monoisotopic (exact) mass is 312 g/mol. The molecule has 0 spiro atoms. The molecule has 0 radical (unpaired) electrons. The summed E-state index contributed by atoms with van der Waals surface area (Å²) in [5.41, 5.74) is 0.931. The van der Waals surface area contributed by atoms with E-state index in [1.54, 1.807) is 32.9 Å². The fourth-order valence-corrected chi connectivity index (χ4v) is 1.67. The highest BCUT2D eigenvalue weighted by molar-refractivity contribution is 6.31. The number of rotatable bonds is 3. The lowest BCUT2D eigenvalue weighted by molar-refractivity contribution is -0.117. The third-order valence-electron chi connectivity index (χ3n) is 2.54. The molecule has 0 unspecified atom stereocenters. The molecular formula is C15H21ClN2O3. The van der Waals surface area contributed by atoms with Crippen LogP contribution in [0.4, 0.5) is 10.5 Å². The Labute approximate surface area is 130 Å². The van der Waals surface area contributed by atoms with E-state index in [1.807, 2.05) is 13.0 Å². The van der Waals surface area contributed by atoms with Gasteiger partial charge in [0.25, 0.3) is 0 Å². The van der Waals surface area contributed by atoms with Gasteiger partial charge in [0.05, 0.1) is 0 Å². The van der Waals surface area contributed by atoms with Crippen LogP contribution in [-0.2, 0) is 9.53 Å². The van der Waals surface area contributed by atoms with Crippen molar-refractivity contribution in [1.29, 1.82) is 0 Å². The highest BCUT2D eigenvalue weighted by Gasteiger charge is 2.21. The molecule has 0 saturated carbocycles. The van der Waals surface area contributed by atoms with Gasteiger partial charge in [0.1, 0.15) is 12.1 Å². The molecule has 1 N–H and O–H groups in total. The summed E-state index contributed by atoms with van der Waals surface area (Å²) in [6.07, 6.45) is -0.542. The zero-order valence-electron chi connectivity index (χ0n) is 13.0. The number of halogens is 1. The molecule has 1 rings (SSSR count). The molecule has 0 atom stereocenters. The summed E-state index contributed by atoms with van der Waals surface area (Å²) in [5.74, 6) is -0.316. The lowest BCUT2D eigenvalue weighted by atomic mass is 10.2. The Morgan fingerprint density at radius 3 is 2.48 bits per heavy atom. The van der Waals surface area contributed by atoms with Crippen LogP contribution in [0.5, 0.6) is 0 Å². The van der Waals surface area contributed by atoms with Crippen LogP contribution >= 0.6 is 11.6 Å². The van der Waals surface area contributed by atoms with E-state index in [2.05, 4.69) is 5.32 Å². The van der Waals surface area contributed by atoms with E-state index in [0.717, 1.165) is 5.56 Å². The number of hydrogen-bond donors (Lipinski definition) is 1. The molecule has 1 aromatic rings. The summed E-state index contributed by atoms with van der Waals surface area (Å²) in [5, 5.41) is 3.26. The third kappa shape index (κ3) is 6.04. The molecule has 116 valence electrons. The summed E-state index contributed by atoms with van der Waals surface area (Å²) < 4.78 is 5.17. The number of benzene rings is 1. The highest BCUT2D eigenvalue weighted by Crippen LogP contribution is 2.19. The number of carbonyl (C=O) groups excluding carboxylic acids is 2. The minimum Gasteiger partial charge on any atom is -0.444 e. The Morgan fingerprint density at radius 1 is 1.33 bits per heavy atom. The molecule has 0 bridgehead atoms. The number of anilines is 1. The predicted molar refractivity (Wildman–Crippen MR) is 83.7 cm³/mol. The number of likely N-dealkylation sites (N-methyl/N-ethyl adjacent to an activating group) is 1. The minimum atomic E-state index is -0.591. The fraction of sp³-hybridized carbons (Fsp3) is 0.467. The minimum absolute atomic E-state index is 0.0968. The van der Waals surface area contributed by atoms with Crippen molar-refractivity contribution in [3.63, 3.8) is 0 Å². The Morgan fingerprint density at radius 2 is 1.95 bits per heavy atom. The third-order valence-corrected chi connectivity index (χ3v) is 2.95. The number of ether oxygens (including phenoxy) is 1. The van der Waals surface area contributed by atoms with E-state index in [1.165, 1.54) is 11.9 Å². The Balaban J connectivity index is 2.57. The van der Waals surface area contributed by atoms with Crippen LogP contribution in [0, 0.1) is 6.92 Å². The molecule has 2 amide bonds. The van der Waals surface area contributed by atoms with E-state index in [9.17, 15) is 9.59 Å². The summed E-state index contributed by atoms with van der Waals surface area (Å²) in [7, 11) is 1.51. The molecule has 5 nitrogen and oxygen atoms in total. The van der Waals surface area contributed by atoms with Crippen molar-refractivity contribution in [1.82, 2.24) is 4.90 Å². The molecule has 6 heteroatoms. The molecule has 0 fully saturated rings. The van der Waals surface area contributed by atoms with Crippen LogP contribution in [0.25, 0.3) is 0 Å². The van der Waals surface area contributed by atoms with Crippen molar-refractivity contribution in [2.75, 3.05) is 18.9 Å². The number of amides is 2. The van der Waals surface area contributed by atoms with E-state index in [0.29, 0.717) is 10.7 Å². The number of aryl methyl sites for hydroxylation is 1. The first kappa shape index (κ1) is 17.3. The first-order chi connectivity index (χ1) is 9.58. The maximum atomic E-state index is 11.9. The lowest BCUT2D eigenvalue weighted by Gasteiger charge is -2.24. The first-order valence-corrected chi connectivity index (χ1v) is 6.96. The normalized spacial score (nSPS) is 11.0. The summed E-state index contributed by atoms with van der Waals surface area (Å²) in [4.78, 5) is 24.9. The van der Waals surface area contributed by atoms with E-state index >= 15 is 0 Å². The van der Waals surface area contributed by atoms with Crippen LogP contribution in [-0.4, -0.2) is 36.1 Å². The van der Waals surface area contributed by atoms with Gasteiger partial charge in [0.2, 0.25) is 5.91 Å². The number of nitrogens with one attached hydrogen (secondary N) is 1. The molecule has 0 aromatic heterocycles. The second kappa shape index (κ2) is 6.80. The maximum Gasteiger partial charge on any atom is 0.410 e. The van der Waals surface area contributed by atoms with Crippen molar-refractivity contribution in [2.45, 2.75) is 33.3 Å². The van der Waals surface area contributed by atoms with Gasteiger partial charge in [-0.05, 0) is 45.4 Å². The van der Waals surface area contributed by atoms with Crippen molar-refractivity contribution >= 4 is 29.3 Å². The standard InChI is InChI=1S/C15H21ClN2O3/c1-10-6-7-11(8-12(10)16)17-13(19)9-18(5)14(20)21-15(2,3)4/h6-8H,9H2,1-5H3,(H,17,19). The zero-order valence-corrected chi connectivity index (χ0v) is 13.7. The van der Waals surface area contributed by atoms with Gasteiger partial charge < -0.3 is 15.0 Å². The van der Waals surface area contributed by atoms with E-state index in [-0.39, 0.29) is 12.5 Å². The molecule has 0 saturated heterocycles. The smallest absolute Gasteiger partial charge is 0.410 e. The Hall–Kier alpha value is -1.75. The predicted octanol–water partition coefficient (Wildman–Crippen LogP) is 3.45. The van der Waals surface area contributed by atoms with Gasteiger partial charge in [0.15, 0.2) is 0 Å². The summed E-state index contributed by atoms with van der Waals surface area (Å²) in [6, 6.07) is 5.24. The molecular weight excluding hydrogens is 292 g/mol. The lowest BCUT2D eigenvalue weighted by Crippen LogP contribution is -2.38. The molecule has 0 aliphatic heterocycles. The molecule has 0 heterocycles. The van der Waals surface area contributed by atoms with Gasteiger partial charge in [-0.15, -0.1) is 0 Å².